The molecular formula is C13H16F3NO2. The molecule has 3 nitrogen and oxygen atoms in total. The van der Waals surface area contributed by atoms with Crippen LogP contribution in [0.5, 0.6) is 5.75 Å². The zero-order valence-electron chi connectivity index (χ0n) is 10.6. The number of hydrogen-bond acceptors (Lipinski definition) is 3. The van der Waals surface area contributed by atoms with Crippen LogP contribution in [-0.2, 0) is 10.9 Å². The van der Waals surface area contributed by atoms with Crippen molar-refractivity contribution in [2.75, 3.05) is 31.7 Å². The van der Waals surface area contributed by atoms with Crippen LogP contribution in [0.3, 0.4) is 0 Å². The van der Waals surface area contributed by atoms with Crippen molar-refractivity contribution in [2.24, 2.45) is 5.92 Å². The molecule has 1 heterocycles. The topological polar surface area (TPSA) is 32.7 Å². The second-order valence-corrected chi connectivity index (χ2v) is 4.79. The predicted molar refractivity (Wildman–Crippen MR) is 65.3 cm³/mol. The Hall–Kier alpha value is -1.43. The number of benzene rings is 1. The standard InChI is InChI=1S/C13H16F3NO2/c1-19-8-9-2-3-17(7-9)11-4-10(13(14,15)16)5-12(18)6-11/h4-6,9,18H,2-3,7-8H2,1H3. The second-order valence-electron chi connectivity index (χ2n) is 4.79. The first-order valence-electron chi connectivity index (χ1n) is 6.05. The fraction of sp³-hybridized carbons (Fsp3) is 0.538. The monoisotopic (exact) mass is 275 g/mol. The van der Waals surface area contributed by atoms with Crippen molar-refractivity contribution in [3.63, 3.8) is 0 Å². The summed E-state index contributed by atoms with van der Waals surface area (Å²) < 4.78 is 43.1. The third-order valence-electron chi connectivity index (χ3n) is 3.28. The number of anilines is 1. The molecule has 0 aromatic heterocycles. The van der Waals surface area contributed by atoms with E-state index in [2.05, 4.69) is 0 Å². The molecule has 1 aliphatic heterocycles. The Morgan fingerprint density at radius 1 is 1.37 bits per heavy atom. The predicted octanol–water partition coefficient (Wildman–Crippen LogP) is 2.88. The van der Waals surface area contributed by atoms with Crippen molar-refractivity contribution in [3.05, 3.63) is 23.8 Å². The van der Waals surface area contributed by atoms with Crippen LogP contribution < -0.4 is 4.90 Å². The van der Waals surface area contributed by atoms with Crippen molar-refractivity contribution in [1.82, 2.24) is 0 Å². The lowest BCUT2D eigenvalue weighted by atomic mass is 10.1. The van der Waals surface area contributed by atoms with Crippen LogP contribution in [0.25, 0.3) is 0 Å². The number of halogens is 3. The van der Waals surface area contributed by atoms with Crippen molar-refractivity contribution in [1.29, 1.82) is 0 Å². The number of methoxy groups -OCH3 is 1. The first-order valence-corrected chi connectivity index (χ1v) is 6.05. The summed E-state index contributed by atoms with van der Waals surface area (Å²) in [6.45, 7) is 1.92. The number of phenolic OH excluding ortho intramolecular Hbond substituents is 1. The Balaban J connectivity index is 2.19. The molecule has 2 rings (SSSR count). The Morgan fingerprint density at radius 3 is 2.74 bits per heavy atom. The van der Waals surface area contributed by atoms with E-state index in [9.17, 15) is 18.3 Å². The molecule has 1 aromatic rings. The van der Waals surface area contributed by atoms with E-state index in [1.165, 1.54) is 6.07 Å². The molecule has 1 fully saturated rings. The first-order chi connectivity index (χ1) is 8.90. The van der Waals surface area contributed by atoms with Gasteiger partial charge in [-0.2, -0.15) is 13.2 Å². The molecule has 0 amide bonds. The van der Waals surface area contributed by atoms with Crippen LogP contribution in [0.2, 0.25) is 0 Å². The van der Waals surface area contributed by atoms with Gasteiger partial charge in [-0.25, -0.2) is 0 Å². The van der Waals surface area contributed by atoms with Crippen LogP contribution in [-0.4, -0.2) is 31.9 Å². The normalized spacial score (nSPS) is 20.0. The molecule has 0 radical (unpaired) electrons. The Labute approximate surface area is 109 Å². The highest BCUT2D eigenvalue weighted by molar-refractivity contribution is 5.54. The smallest absolute Gasteiger partial charge is 0.416 e. The van der Waals surface area contributed by atoms with E-state index in [1.54, 1.807) is 7.11 Å². The average molecular weight is 275 g/mol. The third-order valence-corrected chi connectivity index (χ3v) is 3.28. The van der Waals surface area contributed by atoms with E-state index in [4.69, 9.17) is 4.74 Å². The molecular weight excluding hydrogens is 259 g/mol. The maximum Gasteiger partial charge on any atom is 0.416 e. The average Bonchev–Trinajstić information content (AvgIpc) is 2.76. The van der Waals surface area contributed by atoms with Crippen LogP contribution in [0.1, 0.15) is 12.0 Å². The number of alkyl halides is 3. The lowest BCUT2D eigenvalue weighted by Crippen LogP contribution is -2.21. The third kappa shape index (κ3) is 3.32. The van der Waals surface area contributed by atoms with Crippen molar-refractivity contribution < 1.29 is 23.0 Å². The summed E-state index contributed by atoms with van der Waals surface area (Å²) in [5, 5.41) is 9.44. The number of rotatable bonds is 3. The Kier molecular flexibility index (Phi) is 3.89. The van der Waals surface area contributed by atoms with Gasteiger partial charge in [0.1, 0.15) is 5.75 Å². The van der Waals surface area contributed by atoms with Gasteiger partial charge >= 0.3 is 6.18 Å². The minimum absolute atomic E-state index is 0.321. The number of ether oxygens (including phenoxy) is 1. The number of hydrogen-bond donors (Lipinski definition) is 1. The molecule has 1 aromatic carbocycles. The van der Waals surface area contributed by atoms with E-state index in [0.29, 0.717) is 31.3 Å². The van der Waals surface area contributed by atoms with Crippen LogP contribution >= 0.6 is 0 Å². The van der Waals surface area contributed by atoms with E-state index < -0.39 is 11.7 Å². The minimum Gasteiger partial charge on any atom is -0.508 e. The molecule has 0 spiro atoms. The molecule has 19 heavy (non-hydrogen) atoms. The SMILES string of the molecule is COCC1CCN(c2cc(O)cc(C(F)(F)F)c2)C1. The largest absolute Gasteiger partial charge is 0.508 e. The van der Waals surface area contributed by atoms with Gasteiger partial charge in [-0.3, -0.25) is 0 Å². The molecule has 106 valence electrons. The quantitative estimate of drug-likeness (QED) is 0.920. The highest BCUT2D eigenvalue weighted by Crippen LogP contribution is 2.36. The zero-order valence-corrected chi connectivity index (χ0v) is 10.6. The fourth-order valence-corrected chi connectivity index (χ4v) is 2.38. The highest BCUT2D eigenvalue weighted by Gasteiger charge is 2.32. The maximum absolute atomic E-state index is 12.7. The summed E-state index contributed by atoms with van der Waals surface area (Å²) in [6.07, 6.45) is -3.57. The van der Waals surface area contributed by atoms with Gasteiger partial charge in [0.05, 0.1) is 12.2 Å². The molecule has 0 bridgehead atoms. The van der Waals surface area contributed by atoms with Gasteiger partial charge in [-0.1, -0.05) is 0 Å². The number of nitrogens with zero attached hydrogens (tertiary/aromatic N) is 1. The molecule has 6 heteroatoms. The second kappa shape index (κ2) is 5.28. The van der Waals surface area contributed by atoms with Crippen LogP contribution in [0.4, 0.5) is 18.9 Å². The molecule has 1 atom stereocenters. The maximum atomic E-state index is 12.7. The summed E-state index contributed by atoms with van der Waals surface area (Å²) >= 11 is 0. The number of aromatic hydroxyl groups is 1. The zero-order chi connectivity index (χ0) is 14.0. The molecule has 1 unspecified atom stereocenters. The van der Waals surface area contributed by atoms with Crippen LogP contribution in [0, 0.1) is 5.92 Å². The summed E-state index contributed by atoms with van der Waals surface area (Å²) in [7, 11) is 1.61. The van der Waals surface area contributed by atoms with Gasteiger partial charge in [0, 0.05) is 37.9 Å². The van der Waals surface area contributed by atoms with E-state index in [1.807, 2.05) is 4.90 Å². The van der Waals surface area contributed by atoms with E-state index in [-0.39, 0.29) is 5.75 Å². The van der Waals surface area contributed by atoms with Crippen molar-refractivity contribution in [3.8, 4) is 5.75 Å². The summed E-state index contributed by atoms with van der Waals surface area (Å²) in [6, 6.07) is 3.19. The molecule has 1 aliphatic rings. The Bertz CT molecular complexity index is 448. The van der Waals surface area contributed by atoms with Crippen LogP contribution in [0.15, 0.2) is 18.2 Å². The minimum atomic E-state index is -4.45. The Morgan fingerprint density at radius 2 is 2.11 bits per heavy atom. The summed E-state index contributed by atoms with van der Waals surface area (Å²) in [5.41, 5.74) is -0.413. The van der Waals surface area contributed by atoms with Gasteiger partial charge in [-0.05, 0) is 18.6 Å². The van der Waals surface area contributed by atoms with Gasteiger partial charge in [-0.15, -0.1) is 0 Å². The van der Waals surface area contributed by atoms with Gasteiger partial charge in [0.25, 0.3) is 0 Å². The van der Waals surface area contributed by atoms with Crippen molar-refractivity contribution >= 4 is 5.69 Å². The van der Waals surface area contributed by atoms with Gasteiger partial charge in [0.2, 0.25) is 0 Å². The number of phenols is 1. The fourth-order valence-electron chi connectivity index (χ4n) is 2.38. The molecule has 1 saturated heterocycles. The van der Waals surface area contributed by atoms with Gasteiger partial charge in [0.15, 0.2) is 0 Å². The van der Waals surface area contributed by atoms with Crippen molar-refractivity contribution in [2.45, 2.75) is 12.6 Å². The molecule has 0 saturated carbocycles. The lowest BCUT2D eigenvalue weighted by Gasteiger charge is -2.20. The summed E-state index contributed by atoms with van der Waals surface area (Å²) in [4.78, 5) is 1.85. The first kappa shape index (κ1) is 14.0. The van der Waals surface area contributed by atoms with Gasteiger partial charge < -0.3 is 14.7 Å². The lowest BCUT2D eigenvalue weighted by molar-refractivity contribution is -0.137. The highest BCUT2D eigenvalue weighted by atomic mass is 19.4. The summed E-state index contributed by atoms with van der Waals surface area (Å²) in [5.74, 6) is -0.0401. The van der Waals surface area contributed by atoms with E-state index >= 15 is 0 Å². The van der Waals surface area contributed by atoms with E-state index in [0.717, 1.165) is 18.6 Å². The molecule has 0 aliphatic carbocycles. The molecule has 1 N–H and O–H groups in total.